The van der Waals surface area contributed by atoms with Crippen molar-refractivity contribution in [3.63, 3.8) is 0 Å². The van der Waals surface area contributed by atoms with Crippen molar-refractivity contribution in [1.82, 2.24) is 19.9 Å². The van der Waals surface area contributed by atoms with E-state index in [1.807, 2.05) is 6.07 Å². The molecule has 2 fully saturated rings. The van der Waals surface area contributed by atoms with Crippen LogP contribution in [0, 0.1) is 5.92 Å². The average molecular weight is 362 g/mol. The summed E-state index contributed by atoms with van der Waals surface area (Å²) in [5.74, 6) is -3.04. The molecule has 1 saturated heterocycles. The van der Waals surface area contributed by atoms with E-state index in [1.54, 1.807) is 29.1 Å². The molecule has 1 saturated carbocycles. The van der Waals surface area contributed by atoms with E-state index in [4.69, 9.17) is 0 Å². The normalized spacial score (nSPS) is 24.9. The lowest BCUT2D eigenvalue weighted by Crippen LogP contribution is -2.35. The molecule has 2 aliphatic rings. The van der Waals surface area contributed by atoms with Crippen LogP contribution in [0.3, 0.4) is 0 Å². The number of likely N-dealkylation sites (tertiary alicyclic amines) is 1. The molecule has 0 radical (unpaired) electrons. The number of hydrogen-bond donors (Lipinski definition) is 1. The number of amides is 1. The number of carbonyl (C=O) groups is 1. The summed E-state index contributed by atoms with van der Waals surface area (Å²) in [4.78, 5) is 13.8. The Morgan fingerprint density at radius 1 is 1.27 bits per heavy atom. The lowest BCUT2D eigenvalue weighted by atomic mass is 10.1. The van der Waals surface area contributed by atoms with Gasteiger partial charge in [-0.15, -0.1) is 5.10 Å². The van der Waals surface area contributed by atoms with E-state index in [2.05, 4.69) is 10.3 Å². The molecule has 0 bridgehead atoms. The summed E-state index contributed by atoms with van der Waals surface area (Å²) in [5, 5.41) is 18.2. The van der Waals surface area contributed by atoms with Gasteiger partial charge in [0, 0.05) is 24.4 Å². The summed E-state index contributed by atoms with van der Waals surface area (Å²) in [7, 11) is 0. The van der Waals surface area contributed by atoms with Crippen molar-refractivity contribution in [1.29, 1.82) is 0 Å². The average Bonchev–Trinajstić information content (AvgIpc) is 3.33. The van der Waals surface area contributed by atoms with Crippen LogP contribution in [0.25, 0.3) is 11.3 Å². The third kappa shape index (κ3) is 3.15. The number of para-hydroxylation sites is 1. The number of carbonyl (C=O) groups excluding carboxylic acids is 1. The van der Waals surface area contributed by atoms with E-state index in [9.17, 15) is 18.7 Å². The maximum absolute atomic E-state index is 13.3. The summed E-state index contributed by atoms with van der Waals surface area (Å²) >= 11 is 0. The number of benzene rings is 1. The molecule has 2 heterocycles. The van der Waals surface area contributed by atoms with Crippen LogP contribution in [0.1, 0.15) is 31.7 Å². The summed E-state index contributed by atoms with van der Waals surface area (Å²) in [6, 6.07) is 6.91. The first kappa shape index (κ1) is 16.9. The molecule has 8 heteroatoms. The van der Waals surface area contributed by atoms with E-state index in [0.29, 0.717) is 24.1 Å². The molecular weight excluding hydrogens is 342 g/mol. The van der Waals surface area contributed by atoms with Crippen molar-refractivity contribution in [3.05, 3.63) is 30.5 Å². The summed E-state index contributed by atoms with van der Waals surface area (Å²) < 4.78 is 28.4. The maximum Gasteiger partial charge on any atom is 0.267 e. The molecule has 0 unspecified atom stereocenters. The van der Waals surface area contributed by atoms with Crippen molar-refractivity contribution in [2.45, 2.75) is 37.6 Å². The van der Waals surface area contributed by atoms with Gasteiger partial charge in [-0.2, -0.15) is 0 Å². The van der Waals surface area contributed by atoms with Crippen LogP contribution in [0.4, 0.5) is 8.78 Å². The summed E-state index contributed by atoms with van der Waals surface area (Å²) in [6.45, 7) is -0.332. The molecule has 1 aromatic heterocycles. The van der Waals surface area contributed by atoms with Gasteiger partial charge in [-0.3, -0.25) is 4.79 Å². The number of phenolic OH excluding ortho intramolecular Hbond substituents is 1. The molecule has 138 valence electrons. The first-order valence-corrected chi connectivity index (χ1v) is 8.80. The van der Waals surface area contributed by atoms with Gasteiger partial charge in [-0.25, -0.2) is 13.5 Å². The largest absolute Gasteiger partial charge is 0.507 e. The van der Waals surface area contributed by atoms with E-state index < -0.39 is 12.5 Å². The van der Waals surface area contributed by atoms with E-state index in [-0.39, 0.29) is 36.6 Å². The molecule has 4 rings (SSSR count). The zero-order valence-corrected chi connectivity index (χ0v) is 14.2. The number of hydrogen-bond acceptors (Lipinski definition) is 4. The fourth-order valence-corrected chi connectivity index (χ4v) is 3.87. The van der Waals surface area contributed by atoms with Crippen LogP contribution >= 0.6 is 0 Å². The van der Waals surface area contributed by atoms with Crippen LogP contribution < -0.4 is 0 Å². The van der Waals surface area contributed by atoms with Gasteiger partial charge >= 0.3 is 0 Å². The summed E-state index contributed by atoms with van der Waals surface area (Å²) in [6.07, 6.45) is 3.50. The fraction of sp³-hybridized carbons (Fsp3) is 0.500. The number of aromatic nitrogens is 3. The van der Waals surface area contributed by atoms with Crippen molar-refractivity contribution in [3.8, 4) is 17.0 Å². The molecule has 6 nitrogen and oxygen atoms in total. The van der Waals surface area contributed by atoms with Gasteiger partial charge in [0.2, 0.25) is 5.91 Å². The zero-order valence-electron chi connectivity index (χ0n) is 14.2. The van der Waals surface area contributed by atoms with Crippen molar-refractivity contribution >= 4 is 5.91 Å². The molecule has 1 N–H and O–H groups in total. The number of rotatable bonds is 3. The minimum absolute atomic E-state index is 0.0131. The van der Waals surface area contributed by atoms with Crippen LogP contribution in [0.2, 0.25) is 0 Å². The molecule has 2 aromatic rings. The topological polar surface area (TPSA) is 71.2 Å². The maximum atomic E-state index is 13.3. The zero-order chi connectivity index (χ0) is 18.3. The monoisotopic (exact) mass is 362 g/mol. The van der Waals surface area contributed by atoms with E-state index in [0.717, 1.165) is 6.42 Å². The first-order chi connectivity index (χ1) is 12.4. The van der Waals surface area contributed by atoms with Gasteiger partial charge in [0.25, 0.3) is 5.92 Å². The predicted octanol–water partition coefficient (Wildman–Crippen LogP) is 2.86. The minimum Gasteiger partial charge on any atom is -0.507 e. The highest BCUT2D eigenvalue weighted by molar-refractivity contribution is 5.79. The Hall–Kier alpha value is -2.51. The Morgan fingerprint density at radius 2 is 2.08 bits per heavy atom. The van der Waals surface area contributed by atoms with Gasteiger partial charge in [0.1, 0.15) is 11.4 Å². The van der Waals surface area contributed by atoms with Crippen LogP contribution in [-0.4, -0.2) is 49.9 Å². The minimum atomic E-state index is -2.76. The van der Waals surface area contributed by atoms with E-state index >= 15 is 0 Å². The third-order valence-corrected chi connectivity index (χ3v) is 5.30. The number of nitrogens with zero attached hydrogens (tertiary/aromatic N) is 4. The summed E-state index contributed by atoms with van der Waals surface area (Å²) in [5.41, 5.74) is 1.17. The van der Waals surface area contributed by atoms with Gasteiger partial charge in [0.05, 0.1) is 18.8 Å². The lowest BCUT2D eigenvalue weighted by molar-refractivity contribution is -0.135. The SMILES string of the molecule is O=C([C@H]1CC[C@@H](n2cc(-c3ccccc3O)nn2)C1)N1CCC(F)(F)C1. The van der Waals surface area contributed by atoms with Gasteiger partial charge in [0.15, 0.2) is 0 Å². The third-order valence-electron chi connectivity index (χ3n) is 5.30. The van der Waals surface area contributed by atoms with Crippen molar-refractivity contribution in [2.75, 3.05) is 13.1 Å². The highest BCUT2D eigenvalue weighted by atomic mass is 19.3. The molecular formula is C18H20F2N4O2. The second-order valence-electron chi connectivity index (χ2n) is 7.13. The fourth-order valence-electron chi connectivity index (χ4n) is 3.87. The quantitative estimate of drug-likeness (QED) is 0.911. The highest BCUT2D eigenvalue weighted by Crippen LogP contribution is 2.38. The van der Waals surface area contributed by atoms with Gasteiger partial charge in [-0.1, -0.05) is 17.3 Å². The Labute approximate surface area is 149 Å². The standard InChI is InChI=1S/C18H20F2N4O2/c19-18(20)7-8-23(11-18)17(26)12-5-6-13(9-12)24-10-15(21-22-24)14-3-1-2-4-16(14)25/h1-4,10,12-13,25H,5-9,11H2/t12-,13+/m0/s1. The van der Waals surface area contributed by atoms with Crippen LogP contribution in [0.15, 0.2) is 30.5 Å². The number of alkyl halides is 2. The van der Waals surface area contributed by atoms with E-state index in [1.165, 1.54) is 4.90 Å². The Kier molecular flexibility index (Phi) is 4.13. The van der Waals surface area contributed by atoms with Gasteiger partial charge in [-0.05, 0) is 31.4 Å². The molecule has 1 aliphatic carbocycles. The lowest BCUT2D eigenvalue weighted by Gasteiger charge is -2.20. The number of aromatic hydroxyl groups is 1. The highest BCUT2D eigenvalue weighted by Gasteiger charge is 2.43. The molecule has 26 heavy (non-hydrogen) atoms. The Morgan fingerprint density at radius 3 is 2.81 bits per heavy atom. The van der Waals surface area contributed by atoms with Crippen LogP contribution in [0.5, 0.6) is 5.75 Å². The smallest absolute Gasteiger partial charge is 0.267 e. The molecule has 0 spiro atoms. The first-order valence-electron chi connectivity index (χ1n) is 8.80. The number of halogens is 2. The second kappa shape index (κ2) is 6.34. The Bertz CT molecular complexity index is 823. The second-order valence-corrected chi connectivity index (χ2v) is 7.13. The van der Waals surface area contributed by atoms with Crippen LogP contribution in [-0.2, 0) is 4.79 Å². The number of phenols is 1. The van der Waals surface area contributed by atoms with Gasteiger partial charge < -0.3 is 10.0 Å². The molecule has 1 aromatic carbocycles. The van der Waals surface area contributed by atoms with Crippen molar-refractivity contribution < 1.29 is 18.7 Å². The van der Waals surface area contributed by atoms with Crippen molar-refractivity contribution in [2.24, 2.45) is 5.92 Å². The Balaban J connectivity index is 1.43. The predicted molar refractivity (Wildman–Crippen MR) is 89.6 cm³/mol. The molecule has 1 aliphatic heterocycles. The molecule has 2 atom stereocenters. The molecule has 1 amide bonds.